The van der Waals surface area contributed by atoms with Gasteiger partial charge in [0.05, 0.1) is 0 Å². The molecule has 0 fully saturated rings. The molecule has 1 atom stereocenters. The second kappa shape index (κ2) is 6.23. The largest absolute Gasteiger partial charge is 0.481 e. The van der Waals surface area contributed by atoms with Crippen molar-refractivity contribution in [3.8, 4) is 0 Å². The molecule has 0 aliphatic rings. The smallest absolute Gasteiger partial charge is 0.303 e. The molecule has 0 bridgehead atoms. The minimum Gasteiger partial charge on any atom is -0.481 e. The summed E-state index contributed by atoms with van der Waals surface area (Å²) in [5.74, 6) is -0.131. The highest BCUT2D eigenvalue weighted by Gasteiger charge is 2.04. The molecule has 1 unspecified atom stereocenters. The van der Waals surface area contributed by atoms with Crippen LogP contribution in [0.15, 0.2) is 30.3 Å². The maximum Gasteiger partial charge on any atom is 0.303 e. The third-order valence-corrected chi connectivity index (χ3v) is 2.51. The maximum absolute atomic E-state index is 10.3. The zero-order valence-electron chi connectivity index (χ0n) is 9.15. The number of hydrogen-bond acceptors (Lipinski definition) is 1. The second-order valence-corrected chi connectivity index (χ2v) is 4.08. The van der Waals surface area contributed by atoms with Crippen LogP contribution in [0.5, 0.6) is 0 Å². The molecule has 82 valence electrons. The molecule has 0 aliphatic heterocycles. The van der Waals surface area contributed by atoms with Gasteiger partial charge in [0.25, 0.3) is 0 Å². The third kappa shape index (κ3) is 5.21. The molecule has 0 aromatic heterocycles. The quantitative estimate of drug-likeness (QED) is 0.776. The second-order valence-electron chi connectivity index (χ2n) is 4.08. The summed E-state index contributed by atoms with van der Waals surface area (Å²) in [6, 6.07) is 10.3. The summed E-state index contributed by atoms with van der Waals surface area (Å²) < 4.78 is 0. The van der Waals surface area contributed by atoms with Crippen LogP contribution >= 0.6 is 0 Å². The van der Waals surface area contributed by atoms with Gasteiger partial charge in [-0.3, -0.25) is 4.79 Å². The van der Waals surface area contributed by atoms with E-state index < -0.39 is 5.97 Å². The Balaban J connectivity index is 2.24. The van der Waals surface area contributed by atoms with E-state index in [9.17, 15) is 4.79 Å². The molecule has 2 heteroatoms. The van der Waals surface area contributed by atoms with Gasteiger partial charge in [0.1, 0.15) is 0 Å². The number of hydrogen-bond donors (Lipinski definition) is 1. The van der Waals surface area contributed by atoms with E-state index >= 15 is 0 Å². The first kappa shape index (κ1) is 11.8. The van der Waals surface area contributed by atoms with Crippen molar-refractivity contribution in [1.82, 2.24) is 0 Å². The molecular formula is C13H18O2. The van der Waals surface area contributed by atoms with Crippen molar-refractivity contribution in [1.29, 1.82) is 0 Å². The minimum atomic E-state index is -0.693. The molecule has 1 aromatic rings. The van der Waals surface area contributed by atoms with Gasteiger partial charge in [-0.05, 0) is 30.7 Å². The fraction of sp³-hybridized carbons (Fsp3) is 0.462. The Hall–Kier alpha value is -1.31. The first-order valence-corrected chi connectivity index (χ1v) is 5.44. The van der Waals surface area contributed by atoms with Crippen LogP contribution < -0.4 is 0 Å². The lowest BCUT2D eigenvalue weighted by Crippen LogP contribution is -2.02. The zero-order valence-corrected chi connectivity index (χ0v) is 9.15. The van der Waals surface area contributed by atoms with Crippen molar-refractivity contribution in [3.63, 3.8) is 0 Å². The summed E-state index contributed by atoms with van der Waals surface area (Å²) in [6.07, 6.45) is 3.10. The van der Waals surface area contributed by atoms with Crippen LogP contribution in [-0.4, -0.2) is 11.1 Å². The number of carboxylic acids is 1. The van der Waals surface area contributed by atoms with Gasteiger partial charge in [0, 0.05) is 6.42 Å². The molecule has 0 saturated heterocycles. The molecule has 1 rings (SSSR count). The topological polar surface area (TPSA) is 37.3 Å². The van der Waals surface area contributed by atoms with E-state index in [1.165, 1.54) is 5.56 Å². The fourth-order valence-corrected chi connectivity index (χ4v) is 1.72. The standard InChI is InChI=1S/C13H18O2/c1-11(6-5-9-13(14)15)10-12-7-3-2-4-8-12/h2-4,7-8,11H,5-6,9-10H2,1H3,(H,14,15). The lowest BCUT2D eigenvalue weighted by molar-refractivity contribution is -0.137. The normalized spacial score (nSPS) is 12.3. The van der Waals surface area contributed by atoms with Gasteiger partial charge in [0.15, 0.2) is 0 Å². The Kier molecular flexibility index (Phi) is 4.88. The van der Waals surface area contributed by atoms with E-state index in [-0.39, 0.29) is 0 Å². The van der Waals surface area contributed by atoms with Crippen molar-refractivity contribution in [2.75, 3.05) is 0 Å². The van der Waals surface area contributed by atoms with E-state index in [1.807, 2.05) is 18.2 Å². The molecule has 0 amide bonds. The highest BCUT2D eigenvalue weighted by Crippen LogP contribution is 2.14. The van der Waals surface area contributed by atoms with Crippen LogP contribution in [-0.2, 0) is 11.2 Å². The molecule has 0 spiro atoms. The average Bonchev–Trinajstić information content (AvgIpc) is 2.18. The molecule has 1 N–H and O–H groups in total. The predicted octanol–water partition coefficient (Wildman–Crippen LogP) is 3.12. The van der Waals surface area contributed by atoms with E-state index in [1.54, 1.807) is 0 Å². The van der Waals surface area contributed by atoms with Crippen LogP contribution in [0.4, 0.5) is 0 Å². The Bertz CT molecular complexity index is 293. The van der Waals surface area contributed by atoms with Crippen molar-refractivity contribution in [2.24, 2.45) is 5.92 Å². The van der Waals surface area contributed by atoms with Gasteiger partial charge >= 0.3 is 5.97 Å². The van der Waals surface area contributed by atoms with Crippen LogP contribution in [0.25, 0.3) is 0 Å². The summed E-state index contributed by atoms with van der Waals surface area (Å²) in [7, 11) is 0. The summed E-state index contributed by atoms with van der Waals surface area (Å²) in [4.78, 5) is 10.3. The third-order valence-electron chi connectivity index (χ3n) is 2.51. The Morgan fingerprint density at radius 2 is 2.00 bits per heavy atom. The first-order chi connectivity index (χ1) is 7.18. The van der Waals surface area contributed by atoms with Crippen molar-refractivity contribution in [3.05, 3.63) is 35.9 Å². The van der Waals surface area contributed by atoms with E-state index in [0.717, 1.165) is 19.3 Å². The van der Waals surface area contributed by atoms with Crippen molar-refractivity contribution >= 4 is 5.97 Å². The lowest BCUT2D eigenvalue weighted by atomic mass is 9.96. The van der Waals surface area contributed by atoms with Gasteiger partial charge in [-0.15, -0.1) is 0 Å². The SMILES string of the molecule is CC(CCCC(=O)O)Cc1ccccc1. The summed E-state index contributed by atoms with van der Waals surface area (Å²) in [5.41, 5.74) is 1.33. The minimum absolute atomic E-state index is 0.291. The van der Waals surface area contributed by atoms with Crippen LogP contribution in [0, 0.1) is 5.92 Å². The monoisotopic (exact) mass is 206 g/mol. The van der Waals surface area contributed by atoms with Crippen LogP contribution in [0.3, 0.4) is 0 Å². The van der Waals surface area contributed by atoms with Gasteiger partial charge in [-0.25, -0.2) is 0 Å². The van der Waals surface area contributed by atoms with E-state index in [2.05, 4.69) is 19.1 Å². The van der Waals surface area contributed by atoms with Gasteiger partial charge in [-0.2, -0.15) is 0 Å². The Morgan fingerprint density at radius 3 is 2.60 bits per heavy atom. The molecule has 1 aromatic carbocycles. The highest BCUT2D eigenvalue weighted by atomic mass is 16.4. The highest BCUT2D eigenvalue weighted by molar-refractivity contribution is 5.66. The van der Waals surface area contributed by atoms with E-state index in [0.29, 0.717) is 12.3 Å². The number of benzene rings is 1. The lowest BCUT2D eigenvalue weighted by Gasteiger charge is -2.10. The van der Waals surface area contributed by atoms with Gasteiger partial charge < -0.3 is 5.11 Å². The molecular weight excluding hydrogens is 188 g/mol. The summed E-state index contributed by atoms with van der Waals surface area (Å²) >= 11 is 0. The Labute approximate surface area is 90.9 Å². The van der Waals surface area contributed by atoms with Crippen molar-refractivity contribution in [2.45, 2.75) is 32.6 Å². The molecule has 0 aliphatic carbocycles. The molecule has 0 radical (unpaired) electrons. The van der Waals surface area contributed by atoms with E-state index in [4.69, 9.17) is 5.11 Å². The van der Waals surface area contributed by atoms with Gasteiger partial charge in [-0.1, -0.05) is 37.3 Å². The molecule has 2 nitrogen and oxygen atoms in total. The number of aliphatic carboxylic acids is 1. The summed E-state index contributed by atoms with van der Waals surface area (Å²) in [5, 5.41) is 8.52. The van der Waals surface area contributed by atoms with Gasteiger partial charge in [0.2, 0.25) is 0 Å². The molecule has 0 saturated carbocycles. The number of carbonyl (C=O) groups is 1. The van der Waals surface area contributed by atoms with Crippen molar-refractivity contribution < 1.29 is 9.90 Å². The number of carboxylic acid groups (broad SMARTS) is 1. The summed E-state index contributed by atoms with van der Waals surface area (Å²) in [6.45, 7) is 2.18. The first-order valence-electron chi connectivity index (χ1n) is 5.44. The maximum atomic E-state index is 10.3. The zero-order chi connectivity index (χ0) is 11.1. The Morgan fingerprint density at radius 1 is 1.33 bits per heavy atom. The molecule has 15 heavy (non-hydrogen) atoms. The van der Waals surface area contributed by atoms with Crippen LogP contribution in [0.2, 0.25) is 0 Å². The average molecular weight is 206 g/mol. The number of rotatable bonds is 6. The predicted molar refractivity (Wildman–Crippen MR) is 60.8 cm³/mol. The van der Waals surface area contributed by atoms with Crippen LogP contribution in [0.1, 0.15) is 31.7 Å². The molecule has 0 heterocycles. The fourth-order valence-electron chi connectivity index (χ4n) is 1.72.